The van der Waals surface area contributed by atoms with E-state index in [1.165, 1.54) is 0 Å². The number of nitrogens with zero attached hydrogens (tertiary/aromatic N) is 1. The third kappa shape index (κ3) is 4.48. The first-order valence-corrected chi connectivity index (χ1v) is 8.92. The van der Waals surface area contributed by atoms with Gasteiger partial charge in [0.15, 0.2) is 0 Å². The molecule has 1 amide bonds. The zero-order chi connectivity index (χ0) is 18.3. The van der Waals surface area contributed by atoms with Gasteiger partial charge < -0.3 is 14.8 Å². The van der Waals surface area contributed by atoms with Crippen molar-refractivity contribution >= 4 is 22.5 Å². The molecule has 2 rings (SSSR count). The number of carbonyl (C=O) groups excluding carboxylic acids is 1. The van der Waals surface area contributed by atoms with Crippen molar-refractivity contribution in [3.63, 3.8) is 0 Å². The van der Waals surface area contributed by atoms with E-state index in [0.717, 1.165) is 35.9 Å². The molecule has 1 heterocycles. The number of aromatic nitrogens is 1. The quantitative estimate of drug-likeness (QED) is 0.724. The minimum Gasteiger partial charge on any atom is -0.494 e. The summed E-state index contributed by atoms with van der Waals surface area (Å²) in [5.41, 5.74) is 0.616. The second kappa shape index (κ2) is 8.81. The normalized spacial score (nSPS) is 13.4. The molecule has 1 atom stereocenters. The van der Waals surface area contributed by atoms with Gasteiger partial charge >= 0.3 is 0 Å². The molecule has 1 aromatic heterocycles. The van der Waals surface area contributed by atoms with Crippen LogP contribution in [0.15, 0.2) is 30.5 Å². The highest BCUT2D eigenvalue weighted by molar-refractivity contribution is 6.05. The van der Waals surface area contributed by atoms with Gasteiger partial charge in [0.05, 0.1) is 12.8 Å². The van der Waals surface area contributed by atoms with Gasteiger partial charge in [-0.05, 0) is 44.0 Å². The number of anilines is 1. The van der Waals surface area contributed by atoms with E-state index in [-0.39, 0.29) is 5.91 Å². The van der Waals surface area contributed by atoms with Gasteiger partial charge in [0.25, 0.3) is 5.91 Å². The van der Waals surface area contributed by atoms with Crippen LogP contribution in [0.4, 0.5) is 5.69 Å². The highest BCUT2D eigenvalue weighted by atomic mass is 16.5. The van der Waals surface area contributed by atoms with E-state index in [2.05, 4.69) is 17.2 Å². The molecule has 0 spiro atoms. The first-order valence-electron chi connectivity index (χ1n) is 8.92. The molecule has 25 heavy (non-hydrogen) atoms. The maximum atomic E-state index is 13.0. The highest BCUT2D eigenvalue weighted by Gasteiger charge is 2.33. The first-order chi connectivity index (χ1) is 12.1. The largest absolute Gasteiger partial charge is 0.494 e. The average molecular weight is 344 g/mol. The molecule has 0 fully saturated rings. The maximum absolute atomic E-state index is 13.0. The fourth-order valence-electron chi connectivity index (χ4n) is 2.77. The highest BCUT2D eigenvalue weighted by Crippen LogP contribution is 2.31. The Morgan fingerprint density at radius 2 is 2.04 bits per heavy atom. The predicted molar refractivity (Wildman–Crippen MR) is 101 cm³/mol. The topological polar surface area (TPSA) is 60.5 Å². The lowest BCUT2D eigenvalue weighted by Crippen LogP contribution is -2.43. The number of benzene rings is 1. The summed E-state index contributed by atoms with van der Waals surface area (Å²) in [4.78, 5) is 17.3. The molecule has 2 aromatic rings. The van der Waals surface area contributed by atoms with E-state index < -0.39 is 5.60 Å². The van der Waals surface area contributed by atoms with Crippen molar-refractivity contribution in [1.82, 2.24) is 4.98 Å². The number of rotatable bonds is 9. The van der Waals surface area contributed by atoms with Gasteiger partial charge in [0, 0.05) is 18.2 Å². The zero-order valence-electron chi connectivity index (χ0n) is 15.6. The Labute approximate surface area is 149 Å². The smallest absolute Gasteiger partial charge is 0.256 e. The fourth-order valence-corrected chi connectivity index (χ4v) is 2.77. The lowest BCUT2D eigenvalue weighted by atomic mass is 9.97. The summed E-state index contributed by atoms with van der Waals surface area (Å²) in [7, 11) is 1.61. The van der Waals surface area contributed by atoms with Gasteiger partial charge in [-0.25, -0.2) is 0 Å². The molecular weight excluding hydrogens is 316 g/mol. The number of pyridine rings is 1. The van der Waals surface area contributed by atoms with Crippen LogP contribution >= 0.6 is 0 Å². The summed E-state index contributed by atoms with van der Waals surface area (Å²) in [6.07, 6.45) is 5.25. The van der Waals surface area contributed by atoms with Crippen LogP contribution in [-0.4, -0.2) is 30.2 Å². The summed E-state index contributed by atoms with van der Waals surface area (Å²) in [6, 6.07) is 7.44. The summed E-state index contributed by atoms with van der Waals surface area (Å²) in [6.45, 7) is 6.59. The van der Waals surface area contributed by atoms with Crippen molar-refractivity contribution in [3.8, 4) is 5.75 Å². The number of hydrogen-bond donors (Lipinski definition) is 1. The molecule has 0 bridgehead atoms. The average Bonchev–Trinajstić information content (AvgIpc) is 2.65. The van der Waals surface area contributed by atoms with E-state index in [4.69, 9.17) is 9.47 Å². The van der Waals surface area contributed by atoms with E-state index >= 15 is 0 Å². The Kier molecular flexibility index (Phi) is 6.76. The van der Waals surface area contributed by atoms with Crippen molar-refractivity contribution in [3.05, 3.63) is 30.5 Å². The van der Waals surface area contributed by atoms with Gasteiger partial charge in [-0.2, -0.15) is 0 Å². The molecule has 5 heteroatoms. The molecule has 0 aliphatic rings. The Balaban J connectivity index is 2.30. The number of methoxy groups -OCH3 is 1. The molecule has 0 aliphatic heterocycles. The summed E-state index contributed by atoms with van der Waals surface area (Å²) in [5, 5.41) is 3.89. The molecule has 0 saturated heterocycles. The Hall–Kier alpha value is -2.14. The van der Waals surface area contributed by atoms with E-state index in [1.807, 2.05) is 38.1 Å². The molecule has 0 aliphatic carbocycles. The van der Waals surface area contributed by atoms with Crippen LogP contribution in [0.2, 0.25) is 0 Å². The standard InChI is InChI=1S/C20H28N2O3/c1-5-7-12-20(3,25-14-6-2)19(23)22-16-10-11-17(24-4)18-15(16)9-8-13-21-18/h8-11,13H,5-7,12,14H2,1-4H3,(H,22,23)/t20-/m0/s1. The second-order valence-corrected chi connectivity index (χ2v) is 6.35. The van der Waals surface area contributed by atoms with Crippen molar-refractivity contribution in [2.75, 3.05) is 19.0 Å². The molecule has 136 valence electrons. The molecule has 1 aromatic carbocycles. The molecular formula is C20H28N2O3. The third-order valence-corrected chi connectivity index (χ3v) is 4.31. The van der Waals surface area contributed by atoms with Crippen LogP contribution in [0, 0.1) is 0 Å². The number of hydrogen-bond acceptors (Lipinski definition) is 4. The number of unbranched alkanes of at least 4 members (excludes halogenated alkanes) is 1. The number of carbonyl (C=O) groups is 1. The fraction of sp³-hybridized carbons (Fsp3) is 0.500. The van der Waals surface area contributed by atoms with Gasteiger partial charge in [-0.3, -0.25) is 9.78 Å². The number of fused-ring (bicyclic) bond motifs is 1. The van der Waals surface area contributed by atoms with Crippen LogP contribution in [0.5, 0.6) is 5.75 Å². The molecule has 5 nitrogen and oxygen atoms in total. The molecule has 0 unspecified atom stereocenters. The number of ether oxygens (including phenoxy) is 2. The number of nitrogens with one attached hydrogen (secondary N) is 1. The van der Waals surface area contributed by atoms with Crippen molar-refractivity contribution in [1.29, 1.82) is 0 Å². The number of amides is 1. The SMILES string of the molecule is CCCC[C@](C)(OCCC)C(=O)Nc1ccc(OC)c2ncccc12. The Morgan fingerprint density at radius 1 is 1.24 bits per heavy atom. The molecule has 0 radical (unpaired) electrons. The van der Waals surface area contributed by atoms with Crippen LogP contribution in [0.1, 0.15) is 46.5 Å². The molecule has 1 N–H and O–H groups in total. The third-order valence-electron chi connectivity index (χ3n) is 4.31. The molecule has 0 saturated carbocycles. The summed E-state index contributed by atoms with van der Waals surface area (Å²) >= 11 is 0. The van der Waals surface area contributed by atoms with E-state index in [1.54, 1.807) is 13.3 Å². The van der Waals surface area contributed by atoms with Gasteiger partial charge in [0.1, 0.15) is 16.9 Å². The van der Waals surface area contributed by atoms with Crippen LogP contribution in [0.25, 0.3) is 10.9 Å². The van der Waals surface area contributed by atoms with Crippen LogP contribution in [-0.2, 0) is 9.53 Å². The van der Waals surface area contributed by atoms with Crippen molar-refractivity contribution in [2.24, 2.45) is 0 Å². The lowest BCUT2D eigenvalue weighted by Gasteiger charge is -2.29. The lowest BCUT2D eigenvalue weighted by molar-refractivity contribution is -0.140. The Morgan fingerprint density at radius 3 is 2.72 bits per heavy atom. The summed E-state index contributed by atoms with van der Waals surface area (Å²) in [5.74, 6) is 0.564. The first kappa shape index (κ1) is 19.2. The van der Waals surface area contributed by atoms with Crippen molar-refractivity contribution < 1.29 is 14.3 Å². The summed E-state index contributed by atoms with van der Waals surface area (Å²) < 4.78 is 11.3. The van der Waals surface area contributed by atoms with Gasteiger partial charge in [-0.1, -0.05) is 26.7 Å². The van der Waals surface area contributed by atoms with Gasteiger partial charge in [0.2, 0.25) is 0 Å². The second-order valence-electron chi connectivity index (χ2n) is 6.35. The predicted octanol–water partition coefficient (Wildman–Crippen LogP) is 4.56. The van der Waals surface area contributed by atoms with Crippen molar-refractivity contribution in [2.45, 2.75) is 52.1 Å². The minimum atomic E-state index is -0.833. The van der Waals surface area contributed by atoms with Crippen LogP contribution in [0.3, 0.4) is 0 Å². The van der Waals surface area contributed by atoms with E-state index in [0.29, 0.717) is 18.8 Å². The van der Waals surface area contributed by atoms with Crippen LogP contribution < -0.4 is 10.1 Å². The maximum Gasteiger partial charge on any atom is 0.256 e. The van der Waals surface area contributed by atoms with E-state index in [9.17, 15) is 4.79 Å². The Bertz CT molecular complexity index is 707. The van der Waals surface area contributed by atoms with Gasteiger partial charge in [-0.15, -0.1) is 0 Å². The zero-order valence-corrected chi connectivity index (χ0v) is 15.6. The monoisotopic (exact) mass is 344 g/mol. The minimum absolute atomic E-state index is 0.121.